The quantitative estimate of drug-likeness (QED) is 0.622. The number of piperazine rings is 1. The highest BCUT2D eigenvalue weighted by Crippen LogP contribution is 2.45. The fourth-order valence-electron chi connectivity index (χ4n) is 6.12. The van der Waals surface area contributed by atoms with Gasteiger partial charge in [0.15, 0.2) is 0 Å². The SMILES string of the molecule is CCC(=O)N1CCC2(CC1)CN1C(=O)CN(S(=O)(=O)c3cc4cc(Cl)ccc4[nH]3)CC1(COC)N2C. The number of piperidine rings is 1. The summed E-state index contributed by atoms with van der Waals surface area (Å²) in [6, 6.07) is 6.68. The van der Waals surface area contributed by atoms with Crippen molar-refractivity contribution in [3.63, 3.8) is 0 Å². The summed E-state index contributed by atoms with van der Waals surface area (Å²) in [5.74, 6) is -0.125. The molecular weight excluding hydrogens is 506 g/mol. The average Bonchev–Trinajstić information content (AvgIpc) is 3.38. The number of H-pyrrole nitrogens is 1. The molecule has 1 aromatic carbocycles. The van der Waals surface area contributed by atoms with Gasteiger partial charge in [-0.15, -0.1) is 0 Å². The summed E-state index contributed by atoms with van der Waals surface area (Å²) in [6.07, 6.45) is 1.88. The molecule has 3 saturated heterocycles. The van der Waals surface area contributed by atoms with Gasteiger partial charge in [0.1, 0.15) is 10.7 Å². The second-order valence-corrected chi connectivity index (χ2v) is 12.4. The van der Waals surface area contributed by atoms with Crippen LogP contribution in [-0.4, -0.2) is 109 Å². The molecule has 3 fully saturated rings. The van der Waals surface area contributed by atoms with E-state index in [2.05, 4.69) is 9.88 Å². The fourth-order valence-corrected chi connectivity index (χ4v) is 7.75. The van der Waals surface area contributed by atoms with Crippen LogP contribution < -0.4 is 0 Å². The topological polar surface area (TPSA) is 106 Å². The lowest BCUT2D eigenvalue weighted by Crippen LogP contribution is -2.70. The predicted molar refractivity (Wildman–Crippen MR) is 135 cm³/mol. The molecule has 1 spiro atoms. The minimum atomic E-state index is -4.00. The van der Waals surface area contributed by atoms with Gasteiger partial charge in [0.25, 0.3) is 10.0 Å². The Kier molecular flexibility index (Phi) is 6.36. The van der Waals surface area contributed by atoms with Gasteiger partial charge in [-0.3, -0.25) is 14.5 Å². The van der Waals surface area contributed by atoms with Crippen LogP contribution in [0, 0.1) is 0 Å². The van der Waals surface area contributed by atoms with Crippen molar-refractivity contribution in [1.82, 2.24) is 24.0 Å². The number of methoxy groups -OCH3 is 1. The number of likely N-dealkylation sites (N-methyl/N-ethyl adjacent to an activating group) is 1. The van der Waals surface area contributed by atoms with Gasteiger partial charge < -0.3 is 19.5 Å². The molecule has 0 radical (unpaired) electrons. The number of aromatic amines is 1. The van der Waals surface area contributed by atoms with Crippen molar-refractivity contribution in [3.8, 4) is 0 Å². The van der Waals surface area contributed by atoms with E-state index in [1.54, 1.807) is 36.3 Å². The molecule has 0 bridgehead atoms. The van der Waals surface area contributed by atoms with Crippen LogP contribution in [0.3, 0.4) is 0 Å². The van der Waals surface area contributed by atoms with Crippen molar-refractivity contribution in [2.75, 3.05) is 53.5 Å². The van der Waals surface area contributed by atoms with E-state index in [9.17, 15) is 18.0 Å². The number of aromatic nitrogens is 1. The van der Waals surface area contributed by atoms with Crippen LogP contribution >= 0.6 is 11.6 Å². The molecule has 4 heterocycles. The number of carbonyl (C=O) groups is 2. The second kappa shape index (κ2) is 8.98. The maximum Gasteiger partial charge on any atom is 0.259 e. The summed E-state index contributed by atoms with van der Waals surface area (Å²) in [6.45, 7) is 3.58. The second-order valence-electron chi connectivity index (χ2n) is 10.1. The summed E-state index contributed by atoms with van der Waals surface area (Å²) < 4.78 is 34.3. The number of fused-ring (bicyclic) bond motifs is 2. The van der Waals surface area contributed by atoms with E-state index < -0.39 is 15.7 Å². The number of ether oxygens (including phenoxy) is 1. The van der Waals surface area contributed by atoms with Gasteiger partial charge >= 0.3 is 0 Å². The third-order valence-corrected chi connectivity index (χ3v) is 10.2. The number of hydrogen-bond donors (Lipinski definition) is 1. The Bertz CT molecular complexity index is 1310. The number of nitrogens with zero attached hydrogens (tertiary/aromatic N) is 4. The zero-order valence-corrected chi connectivity index (χ0v) is 22.4. The van der Waals surface area contributed by atoms with Crippen LogP contribution in [0.25, 0.3) is 10.9 Å². The van der Waals surface area contributed by atoms with Crippen molar-refractivity contribution in [3.05, 3.63) is 29.3 Å². The number of rotatable bonds is 5. The van der Waals surface area contributed by atoms with Crippen molar-refractivity contribution in [1.29, 1.82) is 0 Å². The zero-order chi connectivity index (χ0) is 25.9. The highest BCUT2D eigenvalue weighted by molar-refractivity contribution is 7.89. The summed E-state index contributed by atoms with van der Waals surface area (Å²) in [5, 5.41) is 1.22. The summed E-state index contributed by atoms with van der Waals surface area (Å²) >= 11 is 6.08. The molecule has 3 aliphatic heterocycles. The first-order valence-corrected chi connectivity index (χ1v) is 14.0. The number of amides is 2. The van der Waals surface area contributed by atoms with Crippen molar-refractivity contribution < 1.29 is 22.7 Å². The fraction of sp³-hybridized carbons (Fsp3) is 0.583. The Hall–Kier alpha value is -2.18. The zero-order valence-electron chi connectivity index (χ0n) is 20.8. The molecule has 10 nitrogen and oxygen atoms in total. The number of hydrogen-bond acceptors (Lipinski definition) is 6. The first kappa shape index (κ1) is 25.5. The Morgan fingerprint density at radius 2 is 1.92 bits per heavy atom. The molecule has 2 aromatic rings. The Balaban J connectivity index is 1.47. The van der Waals surface area contributed by atoms with E-state index >= 15 is 0 Å². The largest absolute Gasteiger partial charge is 0.381 e. The van der Waals surface area contributed by atoms with Gasteiger partial charge in [0, 0.05) is 54.6 Å². The van der Waals surface area contributed by atoms with Gasteiger partial charge in [-0.25, -0.2) is 8.42 Å². The van der Waals surface area contributed by atoms with E-state index in [4.69, 9.17) is 16.3 Å². The molecule has 0 saturated carbocycles. The maximum absolute atomic E-state index is 13.7. The van der Waals surface area contributed by atoms with Gasteiger partial charge in [0.05, 0.1) is 19.7 Å². The van der Waals surface area contributed by atoms with Gasteiger partial charge in [-0.1, -0.05) is 18.5 Å². The Morgan fingerprint density at radius 1 is 1.19 bits per heavy atom. The maximum atomic E-state index is 13.7. The predicted octanol–water partition coefficient (Wildman–Crippen LogP) is 1.71. The molecule has 0 aliphatic carbocycles. The third kappa shape index (κ3) is 3.83. The monoisotopic (exact) mass is 537 g/mol. The molecule has 3 aliphatic rings. The Morgan fingerprint density at radius 3 is 2.58 bits per heavy atom. The summed E-state index contributed by atoms with van der Waals surface area (Å²) in [7, 11) is -0.490. The van der Waals surface area contributed by atoms with E-state index in [0.29, 0.717) is 54.8 Å². The molecular formula is C24H32ClN5O5S. The minimum Gasteiger partial charge on any atom is -0.381 e. The molecule has 12 heteroatoms. The van der Waals surface area contributed by atoms with Crippen LogP contribution in [0.4, 0.5) is 0 Å². The van der Waals surface area contributed by atoms with Crippen LogP contribution in [0.2, 0.25) is 5.02 Å². The molecule has 1 atom stereocenters. The lowest BCUT2D eigenvalue weighted by molar-refractivity contribution is -0.152. The van der Waals surface area contributed by atoms with E-state index in [1.165, 1.54) is 4.31 Å². The van der Waals surface area contributed by atoms with E-state index in [1.807, 2.05) is 18.9 Å². The lowest BCUT2D eigenvalue weighted by Gasteiger charge is -2.50. The van der Waals surface area contributed by atoms with E-state index in [-0.39, 0.29) is 42.1 Å². The number of halogens is 1. The van der Waals surface area contributed by atoms with Gasteiger partial charge in [-0.05, 0) is 44.2 Å². The molecule has 1 aromatic heterocycles. The first-order valence-electron chi connectivity index (χ1n) is 12.2. The number of likely N-dealkylation sites (tertiary alicyclic amines) is 1. The molecule has 36 heavy (non-hydrogen) atoms. The van der Waals surface area contributed by atoms with Gasteiger partial charge in [0.2, 0.25) is 11.8 Å². The van der Waals surface area contributed by atoms with E-state index in [0.717, 1.165) is 0 Å². The minimum absolute atomic E-state index is 0.0235. The Labute approximate surface area is 216 Å². The van der Waals surface area contributed by atoms with Crippen molar-refractivity contribution >= 4 is 44.3 Å². The number of sulfonamides is 1. The van der Waals surface area contributed by atoms with Crippen LogP contribution in [0.15, 0.2) is 29.3 Å². The lowest BCUT2D eigenvalue weighted by atomic mass is 9.86. The summed E-state index contributed by atoms with van der Waals surface area (Å²) in [4.78, 5) is 34.5. The smallest absolute Gasteiger partial charge is 0.259 e. The van der Waals surface area contributed by atoms with Gasteiger partial charge in [-0.2, -0.15) is 4.31 Å². The van der Waals surface area contributed by atoms with Crippen molar-refractivity contribution in [2.24, 2.45) is 0 Å². The highest BCUT2D eigenvalue weighted by Gasteiger charge is 2.63. The highest BCUT2D eigenvalue weighted by atomic mass is 35.5. The normalized spacial score (nSPS) is 25.2. The molecule has 196 valence electrons. The molecule has 1 N–H and O–H groups in total. The number of carbonyl (C=O) groups excluding carboxylic acids is 2. The molecule has 2 amide bonds. The van der Waals surface area contributed by atoms with Crippen LogP contribution in [-0.2, 0) is 24.3 Å². The summed E-state index contributed by atoms with van der Waals surface area (Å²) in [5.41, 5.74) is -0.639. The molecule has 5 rings (SSSR count). The number of benzene rings is 1. The van der Waals surface area contributed by atoms with Crippen molar-refractivity contribution in [2.45, 2.75) is 42.4 Å². The molecule has 1 unspecified atom stereocenters. The van der Waals surface area contributed by atoms with Crippen LogP contribution in [0.1, 0.15) is 26.2 Å². The third-order valence-electron chi connectivity index (χ3n) is 8.23. The average molecular weight is 538 g/mol. The number of nitrogens with one attached hydrogen (secondary N) is 1. The first-order chi connectivity index (χ1) is 17.1. The van der Waals surface area contributed by atoms with Crippen LogP contribution in [0.5, 0.6) is 0 Å². The standard InChI is InChI=1S/C24H32ClN5O5S/c1-4-21(31)28-9-7-23(8-10-28)14-30-22(32)13-29(15-24(30,16-35-3)27(23)2)36(33,34)20-12-17-11-18(25)5-6-19(17)26-20/h5-6,11-12,26H,4,7-10,13-16H2,1-3H3.